The number of ether oxygens (including phenoxy) is 1. The van der Waals surface area contributed by atoms with Gasteiger partial charge in [0, 0.05) is 5.57 Å². The summed E-state index contributed by atoms with van der Waals surface area (Å²) in [4.78, 5) is 11.5. The molecule has 0 saturated carbocycles. The summed E-state index contributed by atoms with van der Waals surface area (Å²) in [5.41, 5.74) is 1.12. The molecule has 0 aromatic rings. The molecular weight excluding hydrogens is 254 g/mol. The van der Waals surface area contributed by atoms with Gasteiger partial charge in [-0.2, -0.15) is 0 Å². The second-order valence-electron chi connectivity index (χ2n) is 4.68. The fourth-order valence-electron chi connectivity index (χ4n) is 2.50. The molecule has 0 aromatic carbocycles. The number of hydrogen-bond donors (Lipinski definition) is 5. The van der Waals surface area contributed by atoms with Crippen LogP contribution in [-0.2, 0) is 9.53 Å². The summed E-state index contributed by atoms with van der Waals surface area (Å²) in [6, 6.07) is 0. The summed E-state index contributed by atoms with van der Waals surface area (Å²) in [5.74, 6) is -0.663. The first-order valence-corrected chi connectivity index (χ1v) is 5.83. The van der Waals surface area contributed by atoms with Crippen LogP contribution in [-0.4, -0.2) is 57.4 Å². The number of fused-ring (bicyclic) bond motifs is 1. The van der Waals surface area contributed by atoms with Crippen LogP contribution in [0.1, 0.15) is 0 Å². The molecule has 4 unspecified atom stereocenters. The van der Waals surface area contributed by atoms with Crippen molar-refractivity contribution in [3.05, 3.63) is 34.8 Å². The molecule has 3 rings (SSSR count). The second kappa shape index (κ2) is 4.17. The van der Waals surface area contributed by atoms with E-state index in [0.717, 1.165) is 0 Å². The van der Waals surface area contributed by atoms with Crippen LogP contribution in [0.2, 0.25) is 0 Å². The van der Waals surface area contributed by atoms with Gasteiger partial charge in [0.1, 0.15) is 24.4 Å². The summed E-state index contributed by atoms with van der Waals surface area (Å²) in [6.45, 7) is -0.410. The first kappa shape index (κ1) is 12.4. The molecule has 4 atom stereocenters. The Kier molecular flexibility index (Phi) is 2.72. The lowest BCUT2D eigenvalue weighted by Crippen LogP contribution is -2.34. The van der Waals surface area contributed by atoms with Gasteiger partial charge in [0.2, 0.25) is 0 Å². The van der Waals surface area contributed by atoms with E-state index in [0.29, 0.717) is 16.7 Å². The SMILES string of the molecule is O=C1NC(O)=C2C=C(C3OC(CO)C(O)C3O)C=C12. The fraction of sp³-hybridized carbons (Fsp3) is 0.417. The molecule has 102 valence electrons. The zero-order valence-electron chi connectivity index (χ0n) is 9.78. The maximum absolute atomic E-state index is 11.5. The van der Waals surface area contributed by atoms with Crippen molar-refractivity contribution >= 4 is 5.91 Å². The normalized spacial score (nSPS) is 37.3. The molecule has 0 bridgehead atoms. The van der Waals surface area contributed by atoms with Crippen LogP contribution < -0.4 is 5.32 Å². The zero-order valence-corrected chi connectivity index (χ0v) is 9.78. The van der Waals surface area contributed by atoms with Crippen molar-refractivity contribution in [2.24, 2.45) is 0 Å². The van der Waals surface area contributed by atoms with Crippen molar-refractivity contribution in [2.45, 2.75) is 24.4 Å². The molecule has 5 N–H and O–H groups in total. The van der Waals surface area contributed by atoms with Crippen molar-refractivity contribution in [3.8, 4) is 0 Å². The number of aliphatic hydroxyl groups excluding tert-OH is 4. The number of amides is 1. The van der Waals surface area contributed by atoms with Gasteiger partial charge in [-0.05, 0) is 17.7 Å². The second-order valence-corrected chi connectivity index (χ2v) is 4.68. The highest BCUT2D eigenvalue weighted by molar-refractivity contribution is 6.04. The molecule has 1 fully saturated rings. The van der Waals surface area contributed by atoms with Crippen molar-refractivity contribution < 1.29 is 30.0 Å². The summed E-state index contributed by atoms with van der Waals surface area (Å²) < 4.78 is 5.36. The Morgan fingerprint density at radius 3 is 2.58 bits per heavy atom. The molecule has 0 radical (unpaired) electrons. The Labute approximate surface area is 108 Å². The number of allylic oxidation sites excluding steroid dienone is 1. The van der Waals surface area contributed by atoms with Gasteiger partial charge in [0.25, 0.3) is 5.91 Å². The predicted molar refractivity (Wildman–Crippen MR) is 61.7 cm³/mol. The number of aliphatic hydroxyl groups is 4. The Bertz CT molecular complexity index is 534. The van der Waals surface area contributed by atoms with Crippen LogP contribution >= 0.6 is 0 Å². The van der Waals surface area contributed by atoms with Gasteiger partial charge in [-0.25, -0.2) is 0 Å². The highest BCUT2D eigenvalue weighted by atomic mass is 16.6. The van der Waals surface area contributed by atoms with E-state index in [2.05, 4.69) is 5.32 Å². The van der Waals surface area contributed by atoms with E-state index in [9.17, 15) is 20.1 Å². The van der Waals surface area contributed by atoms with Crippen LogP contribution in [0.25, 0.3) is 0 Å². The van der Waals surface area contributed by atoms with Gasteiger partial charge in [-0.15, -0.1) is 0 Å². The predicted octanol–water partition coefficient (Wildman–Crippen LogP) is -1.77. The van der Waals surface area contributed by atoms with Crippen molar-refractivity contribution in [1.82, 2.24) is 5.32 Å². The highest BCUT2D eigenvalue weighted by Gasteiger charge is 2.45. The minimum absolute atomic E-state index is 0.238. The summed E-state index contributed by atoms with van der Waals surface area (Å²) in [7, 11) is 0. The van der Waals surface area contributed by atoms with Crippen LogP contribution in [0.15, 0.2) is 34.8 Å². The van der Waals surface area contributed by atoms with E-state index in [4.69, 9.17) is 9.84 Å². The van der Waals surface area contributed by atoms with E-state index in [-0.39, 0.29) is 5.88 Å². The minimum atomic E-state index is -1.19. The Morgan fingerprint density at radius 1 is 1.26 bits per heavy atom. The number of hydrogen-bond acceptors (Lipinski definition) is 6. The van der Waals surface area contributed by atoms with Gasteiger partial charge in [0.05, 0.1) is 12.2 Å². The van der Waals surface area contributed by atoms with E-state index in [1.54, 1.807) is 0 Å². The molecule has 7 nitrogen and oxygen atoms in total. The molecule has 2 aliphatic heterocycles. The summed E-state index contributed by atoms with van der Waals surface area (Å²) in [5, 5.41) is 40.3. The van der Waals surface area contributed by atoms with Crippen molar-refractivity contribution in [3.63, 3.8) is 0 Å². The third kappa shape index (κ3) is 1.71. The van der Waals surface area contributed by atoms with Gasteiger partial charge in [-0.3, -0.25) is 10.1 Å². The van der Waals surface area contributed by atoms with E-state index < -0.39 is 36.9 Å². The van der Waals surface area contributed by atoms with Crippen LogP contribution in [0.5, 0.6) is 0 Å². The number of carbonyl (C=O) groups is 1. The van der Waals surface area contributed by atoms with Crippen molar-refractivity contribution in [1.29, 1.82) is 0 Å². The van der Waals surface area contributed by atoms with E-state index in [1.807, 2.05) is 0 Å². The topological polar surface area (TPSA) is 119 Å². The molecule has 1 aliphatic carbocycles. The Balaban J connectivity index is 1.90. The highest BCUT2D eigenvalue weighted by Crippen LogP contribution is 2.35. The molecule has 0 spiro atoms. The lowest BCUT2D eigenvalue weighted by molar-refractivity contribution is -0.116. The molecule has 1 amide bonds. The standard InChI is InChI=1S/C12H13NO6/c14-3-7-8(15)9(16)10(19-7)4-1-5-6(2-4)12(18)13-11(5)17/h1-2,7-10,14-16H,3H2,(H2,13,17,18). The average Bonchev–Trinajstić information content (AvgIpc) is 2.99. The maximum Gasteiger partial charge on any atom is 0.258 e. The lowest BCUT2D eigenvalue weighted by Gasteiger charge is -2.14. The Morgan fingerprint density at radius 2 is 2.00 bits per heavy atom. The zero-order chi connectivity index (χ0) is 13.7. The smallest absolute Gasteiger partial charge is 0.258 e. The number of rotatable bonds is 2. The maximum atomic E-state index is 11.5. The van der Waals surface area contributed by atoms with Gasteiger partial charge in [0.15, 0.2) is 5.88 Å². The molecule has 7 heteroatoms. The third-order valence-electron chi connectivity index (χ3n) is 3.51. The van der Waals surface area contributed by atoms with Crippen LogP contribution in [0.3, 0.4) is 0 Å². The molecule has 1 saturated heterocycles. The van der Waals surface area contributed by atoms with E-state index in [1.165, 1.54) is 12.2 Å². The first-order chi connectivity index (χ1) is 9.02. The minimum Gasteiger partial charge on any atom is -0.494 e. The Hall–Kier alpha value is -1.67. The fourth-order valence-corrected chi connectivity index (χ4v) is 2.50. The third-order valence-corrected chi connectivity index (χ3v) is 3.51. The van der Waals surface area contributed by atoms with Gasteiger partial charge >= 0.3 is 0 Å². The summed E-state index contributed by atoms with van der Waals surface area (Å²) in [6.07, 6.45) is -1.07. The lowest BCUT2D eigenvalue weighted by atomic mass is 10.0. The van der Waals surface area contributed by atoms with Crippen LogP contribution in [0, 0.1) is 0 Å². The number of nitrogens with one attached hydrogen (secondary N) is 1. The largest absolute Gasteiger partial charge is 0.494 e. The van der Waals surface area contributed by atoms with Gasteiger partial charge < -0.3 is 25.2 Å². The first-order valence-electron chi connectivity index (χ1n) is 5.83. The summed E-state index contributed by atoms with van der Waals surface area (Å²) >= 11 is 0. The van der Waals surface area contributed by atoms with Gasteiger partial charge in [-0.1, -0.05) is 0 Å². The van der Waals surface area contributed by atoms with E-state index >= 15 is 0 Å². The quantitative estimate of drug-likeness (QED) is 0.404. The molecular formula is C12H13NO6. The average molecular weight is 267 g/mol. The van der Waals surface area contributed by atoms with Crippen molar-refractivity contribution in [2.75, 3.05) is 6.61 Å². The van der Waals surface area contributed by atoms with Crippen LogP contribution in [0.4, 0.5) is 0 Å². The molecule has 0 aromatic heterocycles. The number of carbonyl (C=O) groups excluding carboxylic acids is 1. The molecule has 19 heavy (non-hydrogen) atoms. The molecule has 2 heterocycles. The molecule has 3 aliphatic rings. The monoisotopic (exact) mass is 267 g/mol.